The average Bonchev–Trinajstić information content (AvgIpc) is 3.13. The number of rotatable bonds is 7. The van der Waals surface area contributed by atoms with Crippen LogP contribution in [0.2, 0.25) is 0 Å². The van der Waals surface area contributed by atoms with Gasteiger partial charge in [0.05, 0.1) is 17.2 Å². The molecule has 0 aliphatic carbocycles. The van der Waals surface area contributed by atoms with Crippen LogP contribution in [-0.4, -0.2) is 24.0 Å². The number of thiophene rings is 1. The van der Waals surface area contributed by atoms with Crippen LogP contribution in [0.15, 0.2) is 22.5 Å². The first-order chi connectivity index (χ1) is 10.7. The zero-order chi connectivity index (χ0) is 15.8. The van der Waals surface area contributed by atoms with Gasteiger partial charge in [-0.05, 0) is 32.4 Å². The van der Waals surface area contributed by atoms with Gasteiger partial charge in [0.15, 0.2) is 5.96 Å². The Morgan fingerprint density at radius 2 is 2.00 bits per heavy atom. The predicted octanol–water partition coefficient (Wildman–Crippen LogP) is 3.99. The van der Waals surface area contributed by atoms with Gasteiger partial charge in [0.1, 0.15) is 0 Å². The summed E-state index contributed by atoms with van der Waals surface area (Å²) in [5, 5.41) is 9.92. The summed E-state index contributed by atoms with van der Waals surface area (Å²) in [5.74, 6) is 0.876. The molecule has 23 heavy (non-hydrogen) atoms. The number of thiazole rings is 1. The van der Waals surface area contributed by atoms with Crippen molar-refractivity contribution in [2.75, 3.05) is 13.1 Å². The Balaban J connectivity index is 0.00000264. The molecule has 2 rings (SSSR count). The van der Waals surface area contributed by atoms with E-state index in [4.69, 9.17) is 0 Å². The number of aromatic nitrogens is 1. The average molecular weight is 464 g/mol. The molecule has 2 N–H and O–H groups in total. The van der Waals surface area contributed by atoms with Crippen LogP contribution in [0.3, 0.4) is 0 Å². The van der Waals surface area contributed by atoms with E-state index < -0.39 is 0 Å². The van der Waals surface area contributed by atoms with Gasteiger partial charge in [-0.1, -0.05) is 6.92 Å². The van der Waals surface area contributed by atoms with Crippen molar-refractivity contribution in [3.8, 4) is 0 Å². The minimum atomic E-state index is 0. The number of nitrogens with zero attached hydrogens (tertiary/aromatic N) is 2. The Hall–Kier alpha value is -0.670. The van der Waals surface area contributed by atoms with E-state index in [1.165, 1.54) is 9.75 Å². The molecule has 2 heterocycles. The van der Waals surface area contributed by atoms with Crippen molar-refractivity contribution in [1.29, 1.82) is 0 Å². The zero-order valence-electron chi connectivity index (χ0n) is 13.9. The number of halogens is 1. The minimum absolute atomic E-state index is 0. The lowest BCUT2D eigenvalue weighted by Gasteiger charge is -2.10. The molecule has 0 saturated heterocycles. The molecule has 0 amide bonds. The highest BCUT2D eigenvalue weighted by atomic mass is 127. The third-order valence-corrected chi connectivity index (χ3v) is 5.18. The van der Waals surface area contributed by atoms with Crippen LogP contribution in [0.4, 0.5) is 0 Å². The summed E-state index contributed by atoms with van der Waals surface area (Å²) in [7, 11) is 0. The first-order valence-corrected chi connectivity index (χ1v) is 9.41. The summed E-state index contributed by atoms with van der Waals surface area (Å²) >= 11 is 3.55. The van der Waals surface area contributed by atoms with Crippen LogP contribution in [-0.2, 0) is 19.4 Å². The molecular weight excluding hydrogens is 439 g/mol. The van der Waals surface area contributed by atoms with Crippen molar-refractivity contribution < 1.29 is 0 Å². The molecule has 0 aromatic carbocycles. The summed E-state index contributed by atoms with van der Waals surface area (Å²) in [6.45, 7) is 8.76. The van der Waals surface area contributed by atoms with E-state index in [9.17, 15) is 0 Å². The van der Waals surface area contributed by atoms with Crippen molar-refractivity contribution >= 4 is 52.6 Å². The molecule has 4 nitrogen and oxygen atoms in total. The van der Waals surface area contributed by atoms with Gasteiger partial charge in [-0.25, -0.2) is 9.98 Å². The number of guanidine groups is 1. The van der Waals surface area contributed by atoms with Gasteiger partial charge in [0.25, 0.3) is 0 Å². The lowest BCUT2D eigenvalue weighted by Crippen LogP contribution is -2.38. The Bertz CT molecular complexity index is 607. The van der Waals surface area contributed by atoms with E-state index in [1.54, 1.807) is 11.3 Å². The Morgan fingerprint density at radius 1 is 1.22 bits per heavy atom. The maximum absolute atomic E-state index is 4.65. The fourth-order valence-electron chi connectivity index (χ4n) is 2.03. The topological polar surface area (TPSA) is 49.3 Å². The number of aryl methyl sites for hydroxylation is 2. The van der Waals surface area contributed by atoms with Gasteiger partial charge in [-0.2, -0.15) is 0 Å². The number of hydrogen-bond donors (Lipinski definition) is 2. The molecule has 2 aromatic heterocycles. The van der Waals surface area contributed by atoms with Crippen LogP contribution in [0.1, 0.15) is 34.3 Å². The Kier molecular flexibility index (Phi) is 9.73. The molecule has 2 aromatic rings. The third kappa shape index (κ3) is 7.17. The molecule has 0 aliphatic rings. The maximum atomic E-state index is 4.65. The lowest BCUT2D eigenvalue weighted by molar-refractivity contribution is 0.791. The Morgan fingerprint density at radius 3 is 2.61 bits per heavy atom. The highest BCUT2D eigenvalue weighted by Crippen LogP contribution is 2.17. The summed E-state index contributed by atoms with van der Waals surface area (Å²) in [4.78, 5) is 11.9. The van der Waals surface area contributed by atoms with E-state index in [-0.39, 0.29) is 24.0 Å². The molecule has 0 bridgehead atoms. The van der Waals surface area contributed by atoms with E-state index in [0.717, 1.165) is 49.1 Å². The molecule has 7 heteroatoms. The molecule has 0 atom stereocenters. The van der Waals surface area contributed by atoms with Crippen molar-refractivity contribution in [2.24, 2.45) is 4.99 Å². The summed E-state index contributed by atoms with van der Waals surface area (Å²) < 4.78 is 0. The molecule has 0 unspecified atom stereocenters. The molecule has 0 radical (unpaired) electrons. The molecule has 0 aliphatic heterocycles. The Labute approximate surface area is 163 Å². The van der Waals surface area contributed by atoms with Crippen LogP contribution >= 0.6 is 46.7 Å². The van der Waals surface area contributed by atoms with Crippen molar-refractivity contribution in [3.63, 3.8) is 0 Å². The summed E-state index contributed by atoms with van der Waals surface area (Å²) in [6, 6.07) is 4.37. The predicted molar refractivity (Wildman–Crippen MR) is 112 cm³/mol. The van der Waals surface area contributed by atoms with Crippen molar-refractivity contribution in [1.82, 2.24) is 15.6 Å². The van der Waals surface area contributed by atoms with Crippen LogP contribution in [0.5, 0.6) is 0 Å². The highest BCUT2D eigenvalue weighted by molar-refractivity contribution is 14.0. The van der Waals surface area contributed by atoms with Gasteiger partial charge in [0, 0.05) is 34.6 Å². The van der Waals surface area contributed by atoms with Gasteiger partial charge >= 0.3 is 0 Å². The summed E-state index contributed by atoms with van der Waals surface area (Å²) in [5.41, 5.74) is 1.15. The molecule has 0 spiro atoms. The monoisotopic (exact) mass is 464 g/mol. The van der Waals surface area contributed by atoms with Gasteiger partial charge < -0.3 is 10.6 Å². The first-order valence-electron chi connectivity index (χ1n) is 7.72. The maximum Gasteiger partial charge on any atom is 0.191 e. The zero-order valence-corrected chi connectivity index (χ0v) is 17.9. The van der Waals surface area contributed by atoms with Crippen molar-refractivity contribution in [2.45, 2.75) is 40.2 Å². The first kappa shape index (κ1) is 20.4. The van der Waals surface area contributed by atoms with E-state index in [1.807, 2.05) is 18.3 Å². The molecule has 128 valence electrons. The third-order valence-electron chi connectivity index (χ3n) is 3.14. The fourth-order valence-corrected chi connectivity index (χ4v) is 3.56. The van der Waals surface area contributed by atoms with Crippen LogP contribution in [0.25, 0.3) is 0 Å². The standard InChI is InChI=1S/C16H24N4S2.HI/c1-4-14-6-7-15(22-14)10-19-16(17-5-2)18-9-8-13-11-21-12(3)20-13;/h6-7,11H,4-5,8-10H2,1-3H3,(H2,17,18,19);1H. The largest absolute Gasteiger partial charge is 0.357 e. The van der Waals surface area contributed by atoms with E-state index in [0.29, 0.717) is 0 Å². The van der Waals surface area contributed by atoms with Crippen LogP contribution < -0.4 is 10.6 Å². The van der Waals surface area contributed by atoms with Crippen molar-refractivity contribution in [3.05, 3.63) is 38.0 Å². The number of aliphatic imine (C=N–C) groups is 1. The van der Waals surface area contributed by atoms with Gasteiger partial charge in [-0.15, -0.1) is 46.7 Å². The molecule has 0 fully saturated rings. The van der Waals surface area contributed by atoms with Gasteiger partial charge in [-0.3, -0.25) is 0 Å². The second-order valence-electron chi connectivity index (χ2n) is 4.95. The minimum Gasteiger partial charge on any atom is -0.357 e. The van der Waals surface area contributed by atoms with Crippen LogP contribution in [0, 0.1) is 6.92 Å². The SMILES string of the molecule is CCNC(=NCc1ccc(CC)s1)NCCc1csc(C)n1.I. The molecule has 0 saturated carbocycles. The summed E-state index contributed by atoms with van der Waals surface area (Å²) in [6.07, 6.45) is 2.02. The second kappa shape index (κ2) is 11.0. The van der Waals surface area contributed by atoms with E-state index >= 15 is 0 Å². The molecular formula is C16H25IN4S2. The fraction of sp³-hybridized carbons (Fsp3) is 0.500. The quantitative estimate of drug-likeness (QED) is 0.370. The second-order valence-corrected chi connectivity index (χ2v) is 7.27. The normalized spacial score (nSPS) is 11.2. The smallest absolute Gasteiger partial charge is 0.191 e. The lowest BCUT2D eigenvalue weighted by atomic mass is 10.3. The highest BCUT2D eigenvalue weighted by Gasteiger charge is 2.02. The number of hydrogen-bond acceptors (Lipinski definition) is 4. The van der Waals surface area contributed by atoms with E-state index in [2.05, 4.69) is 52.0 Å². The number of nitrogens with one attached hydrogen (secondary N) is 2. The van der Waals surface area contributed by atoms with Gasteiger partial charge in [0.2, 0.25) is 0 Å².